The van der Waals surface area contributed by atoms with Gasteiger partial charge in [-0.2, -0.15) is 0 Å². The van der Waals surface area contributed by atoms with Gasteiger partial charge in [0.05, 0.1) is 0 Å². The van der Waals surface area contributed by atoms with E-state index in [2.05, 4.69) is 24.2 Å². The van der Waals surface area contributed by atoms with Crippen molar-refractivity contribution >= 4 is 6.03 Å². The van der Waals surface area contributed by atoms with Gasteiger partial charge in [0, 0.05) is 32.2 Å². The first-order valence-corrected chi connectivity index (χ1v) is 5.42. The van der Waals surface area contributed by atoms with Crippen molar-refractivity contribution in [2.45, 2.75) is 26.3 Å². The van der Waals surface area contributed by atoms with Gasteiger partial charge in [-0.1, -0.05) is 6.92 Å². The molecule has 1 atom stereocenters. The van der Waals surface area contributed by atoms with Crippen molar-refractivity contribution in [3.63, 3.8) is 0 Å². The van der Waals surface area contributed by atoms with Gasteiger partial charge in [0.2, 0.25) is 0 Å². The molecule has 0 saturated carbocycles. The monoisotopic (exact) mass is 199 g/mol. The molecule has 1 unspecified atom stereocenters. The van der Waals surface area contributed by atoms with Crippen molar-refractivity contribution in [1.29, 1.82) is 0 Å². The van der Waals surface area contributed by atoms with E-state index in [1.54, 1.807) is 0 Å². The summed E-state index contributed by atoms with van der Waals surface area (Å²) in [6.45, 7) is 7.52. The zero-order valence-corrected chi connectivity index (χ0v) is 9.42. The number of nitrogens with one attached hydrogen (secondary N) is 1. The van der Waals surface area contributed by atoms with E-state index in [1.807, 2.05) is 11.8 Å². The summed E-state index contributed by atoms with van der Waals surface area (Å²) in [5.41, 5.74) is 0. The summed E-state index contributed by atoms with van der Waals surface area (Å²) in [7, 11) is 2.13. The van der Waals surface area contributed by atoms with Gasteiger partial charge >= 0.3 is 6.03 Å². The highest BCUT2D eigenvalue weighted by molar-refractivity contribution is 5.74. The number of likely N-dealkylation sites (N-methyl/N-ethyl adjacent to an activating group) is 1. The summed E-state index contributed by atoms with van der Waals surface area (Å²) < 4.78 is 0. The molecule has 0 aliphatic carbocycles. The molecule has 1 heterocycles. The van der Waals surface area contributed by atoms with Gasteiger partial charge in [-0.25, -0.2) is 4.79 Å². The predicted octanol–water partition coefficient (Wildman–Crippen LogP) is 0.742. The molecule has 2 amide bonds. The Kier molecular flexibility index (Phi) is 4.20. The molecule has 1 aliphatic rings. The Morgan fingerprint density at radius 2 is 2.14 bits per heavy atom. The van der Waals surface area contributed by atoms with Crippen LogP contribution in [0.2, 0.25) is 0 Å². The lowest BCUT2D eigenvalue weighted by molar-refractivity contribution is 0.108. The van der Waals surface area contributed by atoms with Gasteiger partial charge in [0.25, 0.3) is 0 Å². The van der Waals surface area contributed by atoms with Crippen LogP contribution in [0.1, 0.15) is 20.3 Å². The highest BCUT2D eigenvalue weighted by Crippen LogP contribution is 2.10. The number of nitrogens with zero attached hydrogens (tertiary/aromatic N) is 2. The van der Waals surface area contributed by atoms with Crippen molar-refractivity contribution in [2.24, 2.45) is 0 Å². The number of hydrogen-bond donors (Lipinski definition) is 1. The van der Waals surface area contributed by atoms with E-state index in [0.717, 1.165) is 26.1 Å². The number of amides is 2. The molecule has 1 aliphatic heterocycles. The molecule has 4 heteroatoms. The van der Waals surface area contributed by atoms with Crippen LogP contribution in [0.25, 0.3) is 0 Å². The molecule has 82 valence electrons. The molecule has 1 rings (SSSR count). The Labute approximate surface area is 86.2 Å². The second kappa shape index (κ2) is 5.20. The Morgan fingerprint density at radius 1 is 1.43 bits per heavy atom. The molecule has 1 saturated heterocycles. The zero-order valence-electron chi connectivity index (χ0n) is 9.42. The van der Waals surface area contributed by atoms with E-state index >= 15 is 0 Å². The lowest BCUT2D eigenvalue weighted by Gasteiger charge is -2.38. The molecule has 14 heavy (non-hydrogen) atoms. The maximum absolute atomic E-state index is 11.6. The van der Waals surface area contributed by atoms with E-state index in [9.17, 15) is 4.79 Å². The minimum Gasteiger partial charge on any atom is -0.338 e. The summed E-state index contributed by atoms with van der Waals surface area (Å²) in [6.07, 6.45) is 1.10. The van der Waals surface area contributed by atoms with Crippen LogP contribution in [0.4, 0.5) is 4.79 Å². The lowest BCUT2D eigenvalue weighted by atomic mass is 10.1. The van der Waals surface area contributed by atoms with Crippen molar-refractivity contribution < 1.29 is 4.79 Å². The van der Waals surface area contributed by atoms with Crippen LogP contribution in [0.3, 0.4) is 0 Å². The molecule has 0 aromatic carbocycles. The molecule has 0 aromatic heterocycles. The Hall–Kier alpha value is -0.770. The van der Waals surface area contributed by atoms with E-state index in [1.165, 1.54) is 0 Å². The topological polar surface area (TPSA) is 35.6 Å². The third-order valence-corrected chi connectivity index (χ3v) is 2.86. The summed E-state index contributed by atoms with van der Waals surface area (Å²) in [6, 6.07) is 0.602. The number of rotatable bonds is 2. The number of carbonyl (C=O) groups is 1. The number of urea groups is 1. The Morgan fingerprint density at radius 3 is 2.71 bits per heavy atom. The fraction of sp³-hybridized carbons (Fsp3) is 0.900. The van der Waals surface area contributed by atoms with Crippen LogP contribution in [0.15, 0.2) is 0 Å². The van der Waals surface area contributed by atoms with Crippen molar-refractivity contribution in [1.82, 2.24) is 15.1 Å². The van der Waals surface area contributed by atoms with E-state index in [0.29, 0.717) is 12.6 Å². The van der Waals surface area contributed by atoms with Crippen LogP contribution in [0, 0.1) is 0 Å². The van der Waals surface area contributed by atoms with E-state index in [-0.39, 0.29) is 6.03 Å². The number of hydrogen-bond acceptors (Lipinski definition) is 2. The highest BCUT2D eigenvalue weighted by Gasteiger charge is 2.25. The normalized spacial score (nSPS) is 23.6. The molecule has 0 aromatic rings. The third kappa shape index (κ3) is 2.61. The first-order valence-electron chi connectivity index (χ1n) is 5.42. The smallest absolute Gasteiger partial charge is 0.317 e. The van der Waals surface area contributed by atoms with E-state index < -0.39 is 0 Å². The highest BCUT2D eigenvalue weighted by atomic mass is 16.2. The van der Waals surface area contributed by atoms with Gasteiger partial charge < -0.3 is 10.2 Å². The van der Waals surface area contributed by atoms with E-state index in [4.69, 9.17) is 0 Å². The van der Waals surface area contributed by atoms with Gasteiger partial charge in [-0.05, 0) is 20.4 Å². The molecule has 0 spiro atoms. The standard InChI is InChI=1S/C10H21N3O/c1-4-9-8-13(7-6-12(9)3)10(14)11-5-2/h9H,4-8H2,1-3H3,(H,11,14). The van der Waals surface area contributed by atoms with Gasteiger partial charge in [0.1, 0.15) is 0 Å². The van der Waals surface area contributed by atoms with Crippen molar-refractivity contribution in [3.8, 4) is 0 Å². The Balaban J connectivity index is 2.45. The molecule has 1 N–H and O–H groups in total. The maximum atomic E-state index is 11.6. The van der Waals surface area contributed by atoms with Crippen LogP contribution in [-0.4, -0.2) is 55.1 Å². The van der Waals surface area contributed by atoms with Gasteiger partial charge in [-0.15, -0.1) is 0 Å². The van der Waals surface area contributed by atoms with Crippen LogP contribution in [-0.2, 0) is 0 Å². The first-order chi connectivity index (χ1) is 6.69. The maximum Gasteiger partial charge on any atom is 0.317 e. The van der Waals surface area contributed by atoms with Crippen molar-refractivity contribution in [3.05, 3.63) is 0 Å². The molecule has 1 fully saturated rings. The fourth-order valence-electron chi connectivity index (χ4n) is 1.83. The average molecular weight is 199 g/mol. The second-order valence-corrected chi connectivity index (χ2v) is 3.82. The summed E-state index contributed by atoms with van der Waals surface area (Å²) >= 11 is 0. The molecule has 0 bridgehead atoms. The largest absolute Gasteiger partial charge is 0.338 e. The van der Waals surface area contributed by atoms with Gasteiger partial charge in [-0.3, -0.25) is 4.90 Å². The second-order valence-electron chi connectivity index (χ2n) is 3.82. The van der Waals surface area contributed by atoms with Gasteiger partial charge in [0.15, 0.2) is 0 Å². The number of carbonyl (C=O) groups excluding carboxylic acids is 1. The van der Waals surface area contributed by atoms with Crippen LogP contribution < -0.4 is 5.32 Å². The molecular weight excluding hydrogens is 178 g/mol. The Bertz CT molecular complexity index is 196. The minimum atomic E-state index is 0.0825. The van der Waals surface area contributed by atoms with Crippen LogP contribution in [0.5, 0.6) is 0 Å². The summed E-state index contributed by atoms with van der Waals surface area (Å²) in [4.78, 5) is 15.8. The van der Waals surface area contributed by atoms with Crippen molar-refractivity contribution in [2.75, 3.05) is 33.2 Å². The predicted molar refractivity (Wildman–Crippen MR) is 57.4 cm³/mol. The lowest BCUT2D eigenvalue weighted by Crippen LogP contribution is -2.55. The molecule has 0 radical (unpaired) electrons. The fourth-order valence-corrected chi connectivity index (χ4v) is 1.83. The molecular formula is C10H21N3O. The zero-order chi connectivity index (χ0) is 10.6. The minimum absolute atomic E-state index is 0.0825. The summed E-state index contributed by atoms with van der Waals surface area (Å²) in [5, 5.41) is 2.84. The third-order valence-electron chi connectivity index (χ3n) is 2.86. The summed E-state index contributed by atoms with van der Waals surface area (Å²) in [5.74, 6) is 0. The molecule has 4 nitrogen and oxygen atoms in total. The SMILES string of the molecule is CCNC(=O)N1CCN(C)C(CC)C1. The quantitative estimate of drug-likeness (QED) is 0.712. The average Bonchev–Trinajstić information content (AvgIpc) is 2.19. The number of piperazine rings is 1. The first kappa shape index (κ1) is 11.3. The van der Waals surface area contributed by atoms with Crippen LogP contribution >= 0.6 is 0 Å².